The summed E-state index contributed by atoms with van der Waals surface area (Å²) in [6, 6.07) is 0.409. The molecule has 0 saturated heterocycles. The Balaban J connectivity index is 1.94. The maximum absolute atomic E-state index is 5.15. The minimum Gasteiger partial charge on any atom is -0.338 e. The molecule has 0 radical (unpaired) electrons. The predicted molar refractivity (Wildman–Crippen MR) is 65.9 cm³/mol. The zero-order valence-electron chi connectivity index (χ0n) is 10.2. The molecule has 0 fully saturated rings. The fraction of sp³-hybridized carbons (Fsp3) is 0.545. The summed E-state index contributed by atoms with van der Waals surface area (Å²) in [5, 5.41) is 10.2. The van der Waals surface area contributed by atoms with Crippen LogP contribution in [0.5, 0.6) is 0 Å². The van der Waals surface area contributed by atoms with Gasteiger partial charge in [-0.2, -0.15) is 4.98 Å². The maximum Gasteiger partial charge on any atom is 0.240 e. The van der Waals surface area contributed by atoms with Gasteiger partial charge in [-0.15, -0.1) is 11.3 Å². The number of thiazole rings is 1. The number of nitrogens with one attached hydrogen (secondary N) is 1. The lowest BCUT2D eigenvalue weighted by molar-refractivity contribution is 0.358. The molecule has 2 heterocycles. The molecule has 1 N–H and O–H groups in total. The van der Waals surface area contributed by atoms with Crippen LogP contribution in [-0.4, -0.2) is 21.2 Å². The van der Waals surface area contributed by atoms with Crippen molar-refractivity contribution in [2.75, 3.05) is 0 Å². The molecule has 2 aromatic heterocycles. The fourth-order valence-electron chi connectivity index (χ4n) is 1.34. The van der Waals surface area contributed by atoms with E-state index in [9.17, 15) is 0 Å². The molecule has 0 unspecified atom stereocenters. The van der Waals surface area contributed by atoms with Crippen molar-refractivity contribution < 1.29 is 4.52 Å². The van der Waals surface area contributed by atoms with Crippen molar-refractivity contribution in [2.45, 2.75) is 39.8 Å². The highest BCUT2D eigenvalue weighted by Gasteiger charge is 2.09. The van der Waals surface area contributed by atoms with Crippen molar-refractivity contribution in [2.24, 2.45) is 0 Å². The van der Waals surface area contributed by atoms with E-state index in [4.69, 9.17) is 4.52 Å². The van der Waals surface area contributed by atoms with Gasteiger partial charge in [-0.1, -0.05) is 19.0 Å². The van der Waals surface area contributed by atoms with Gasteiger partial charge in [-0.3, -0.25) is 0 Å². The first kappa shape index (κ1) is 12.2. The van der Waals surface area contributed by atoms with E-state index in [0.717, 1.165) is 10.7 Å². The van der Waals surface area contributed by atoms with Gasteiger partial charge in [0.15, 0.2) is 5.82 Å². The summed E-state index contributed by atoms with van der Waals surface area (Å²) in [4.78, 5) is 8.68. The molecule has 0 amide bonds. The first-order valence-corrected chi connectivity index (χ1v) is 6.47. The summed E-state index contributed by atoms with van der Waals surface area (Å²) in [5.74, 6) is 1.32. The van der Waals surface area contributed by atoms with E-state index in [-0.39, 0.29) is 0 Å². The monoisotopic (exact) mass is 252 g/mol. The van der Waals surface area contributed by atoms with Gasteiger partial charge in [0.05, 0.1) is 13.0 Å². The van der Waals surface area contributed by atoms with Crippen molar-refractivity contribution in [3.8, 4) is 0 Å². The minimum atomic E-state index is 0.409. The van der Waals surface area contributed by atoms with Gasteiger partial charge in [0, 0.05) is 17.1 Å². The summed E-state index contributed by atoms with van der Waals surface area (Å²) in [6.07, 6.45) is 0.643. The van der Waals surface area contributed by atoms with Crippen LogP contribution in [0.4, 0.5) is 0 Å². The van der Waals surface area contributed by atoms with Gasteiger partial charge < -0.3 is 9.84 Å². The Hall–Kier alpha value is -1.27. The number of aromatic nitrogens is 3. The third kappa shape index (κ3) is 3.61. The molecular weight excluding hydrogens is 236 g/mol. The van der Waals surface area contributed by atoms with Gasteiger partial charge in [0.25, 0.3) is 0 Å². The smallest absolute Gasteiger partial charge is 0.240 e. The molecule has 0 aliphatic carbocycles. The molecule has 2 rings (SSSR count). The van der Waals surface area contributed by atoms with Crippen LogP contribution >= 0.6 is 11.3 Å². The zero-order chi connectivity index (χ0) is 12.3. The molecular formula is C11H16N4OS. The third-order valence-electron chi connectivity index (χ3n) is 2.15. The van der Waals surface area contributed by atoms with Crippen LogP contribution in [0.3, 0.4) is 0 Å². The molecule has 92 valence electrons. The molecule has 0 aliphatic heterocycles. The number of rotatable bonds is 5. The van der Waals surface area contributed by atoms with Gasteiger partial charge in [-0.05, 0) is 6.92 Å². The summed E-state index contributed by atoms with van der Waals surface area (Å²) in [7, 11) is 0. The van der Waals surface area contributed by atoms with Crippen LogP contribution in [-0.2, 0) is 13.0 Å². The van der Waals surface area contributed by atoms with E-state index in [2.05, 4.69) is 34.3 Å². The Kier molecular flexibility index (Phi) is 3.86. The van der Waals surface area contributed by atoms with E-state index in [0.29, 0.717) is 30.7 Å². The molecule has 6 heteroatoms. The average Bonchev–Trinajstić information content (AvgIpc) is 2.86. The van der Waals surface area contributed by atoms with Gasteiger partial charge >= 0.3 is 0 Å². The highest BCUT2D eigenvalue weighted by molar-refractivity contribution is 7.09. The predicted octanol–water partition coefficient (Wildman–Crippen LogP) is 1.92. The number of hydrogen-bond acceptors (Lipinski definition) is 6. The number of aryl methyl sites for hydroxylation is 1. The van der Waals surface area contributed by atoms with Crippen molar-refractivity contribution in [1.29, 1.82) is 0 Å². The van der Waals surface area contributed by atoms with Crippen LogP contribution in [0.2, 0.25) is 0 Å². The van der Waals surface area contributed by atoms with Crippen molar-refractivity contribution in [1.82, 2.24) is 20.4 Å². The molecule has 17 heavy (non-hydrogen) atoms. The van der Waals surface area contributed by atoms with Crippen molar-refractivity contribution in [3.05, 3.63) is 27.8 Å². The standard InChI is InChI=1S/C11H16N4OS/c1-7(2)12-5-10-14-9(15-16-10)4-11-13-8(3)6-17-11/h6-7,12H,4-5H2,1-3H3. The second-order valence-electron chi connectivity index (χ2n) is 4.20. The van der Waals surface area contributed by atoms with Crippen LogP contribution in [0.25, 0.3) is 0 Å². The van der Waals surface area contributed by atoms with E-state index < -0.39 is 0 Å². The Morgan fingerprint density at radius 1 is 1.41 bits per heavy atom. The quantitative estimate of drug-likeness (QED) is 0.880. The topological polar surface area (TPSA) is 63.8 Å². The molecule has 0 saturated carbocycles. The highest BCUT2D eigenvalue weighted by atomic mass is 32.1. The van der Waals surface area contributed by atoms with Crippen LogP contribution in [0, 0.1) is 6.92 Å². The lowest BCUT2D eigenvalue weighted by Crippen LogP contribution is -2.21. The Labute approximate surface area is 104 Å². The van der Waals surface area contributed by atoms with Crippen LogP contribution in [0.15, 0.2) is 9.90 Å². The summed E-state index contributed by atoms with van der Waals surface area (Å²) < 4.78 is 5.15. The SMILES string of the molecule is Cc1csc(Cc2noc(CNC(C)C)n2)n1. The molecule has 0 aromatic carbocycles. The van der Waals surface area contributed by atoms with E-state index in [1.165, 1.54) is 0 Å². The van der Waals surface area contributed by atoms with Gasteiger partial charge in [0.2, 0.25) is 5.89 Å². The van der Waals surface area contributed by atoms with E-state index in [1.54, 1.807) is 11.3 Å². The number of nitrogens with zero attached hydrogens (tertiary/aromatic N) is 3. The lowest BCUT2D eigenvalue weighted by Gasteiger charge is -2.02. The third-order valence-corrected chi connectivity index (χ3v) is 3.11. The number of hydrogen-bond donors (Lipinski definition) is 1. The Morgan fingerprint density at radius 3 is 2.88 bits per heavy atom. The summed E-state index contributed by atoms with van der Waals surface area (Å²) >= 11 is 1.62. The highest BCUT2D eigenvalue weighted by Crippen LogP contribution is 2.12. The fourth-order valence-corrected chi connectivity index (χ4v) is 2.11. The second kappa shape index (κ2) is 5.37. The molecule has 2 aromatic rings. The van der Waals surface area contributed by atoms with Crippen molar-refractivity contribution >= 4 is 11.3 Å². The average molecular weight is 252 g/mol. The molecule has 0 atom stereocenters. The summed E-state index contributed by atoms with van der Waals surface area (Å²) in [6.45, 7) is 6.75. The second-order valence-corrected chi connectivity index (χ2v) is 5.14. The molecule has 0 bridgehead atoms. The largest absolute Gasteiger partial charge is 0.338 e. The molecule has 0 aliphatic rings. The minimum absolute atomic E-state index is 0.409. The molecule has 0 spiro atoms. The van der Waals surface area contributed by atoms with E-state index >= 15 is 0 Å². The normalized spacial score (nSPS) is 11.3. The Bertz CT molecular complexity index is 477. The zero-order valence-corrected chi connectivity index (χ0v) is 11.0. The van der Waals surface area contributed by atoms with Crippen molar-refractivity contribution in [3.63, 3.8) is 0 Å². The lowest BCUT2D eigenvalue weighted by atomic mass is 10.4. The Morgan fingerprint density at radius 2 is 2.24 bits per heavy atom. The van der Waals surface area contributed by atoms with Gasteiger partial charge in [0.1, 0.15) is 5.01 Å². The van der Waals surface area contributed by atoms with Gasteiger partial charge in [-0.25, -0.2) is 4.98 Å². The van der Waals surface area contributed by atoms with Crippen LogP contribution in [0.1, 0.15) is 36.3 Å². The van der Waals surface area contributed by atoms with E-state index in [1.807, 2.05) is 12.3 Å². The van der Waals surface area contributed by atoms with Crippen LogP contribution < -0.4 is 5.32 Å². The maximum atomic E-state index is 5.15. The first-order valence-electron chi connectivity index (χ1n) is 5.59. The molecule has 5 nitrogen and oxygen atoms in total. The summed E-state index contributed by atoms with van der Waals surface area (Å²) in [5.41, 5.74) is 1.04. The first-order chi connectivity index (χ1) is 8.13.